The Morgan fingerprint density at radius 1 is 1.21 bits per heavy atom. The molecular formula is C10H22Cl2O6P+. The van der Waals surface area contributed by atoms with Gasteiger partial charge in [0, 0.05) is 30.1 Å². The van der Waals surface area contributed by atoms with Gasteiger partial charge in [-0.05, 0) is 20.3 Å². The van der Waals surface area contributed by atoms with Crippen LogP contribution in [0.4, 0.5) is 0 Å². The molecule has 0 aromatic heterocycles. The fraction of sp³-hybridized carbons (Fsp3) is 1.00. The molecule has 0 fully saturated rings. The lowest BCUT2D eigenvalue weighted by Crippen LogP contribution is -2.38. The predicted octanol–water partition coefficient (Wildman–Crippen LogP) is 2.00. The van der Waals surface area contributed by atoms with Gasteiger partial charge in [-0.25, -0.2) is 0 Å². The zero-order valence-corrected chi connectivity index (χ0v) is 13.5. The van der Waals surface area contributed by atoms with Crippen molar-refractivity contribution in [2.24, 2.45) is 0 Å². The highest BCUT2D eigenvalue weighted by atomic mass is 35.5. The van der Waals surface area contributed by atoms with Gasteiger partial charge in [-0.2, -0.15) is 0 Å². The van der Waals surface area contributed by atoms with E-state index in [9.17, 15) is 5.11 Å². The Kier molecular flexibility index (Phi) is 15.4. The van der Waals surface area contributed by atoms with Crippen LogP contribution in [0.3, 0.4) is 0 Å². The van der Waals surface area contributed by atoms with Crippen LogP contribution in [0.15, 0.2) is 0 Å². The van der Waals surface area contributed by atoms with Crippen LogP contribution in [0.25, 0.3) is 0 Å². The van der Waals surface area contributed by atoms with E-state index in [0.29, 0.717) is 31.9 Å². The van der Waals surface area contributed by atoms with E-state index in [1.165, 1.54) is 0 Å². The minimum absolute atomic E-state index is 0.135. The second-order valence-electron chi connectivity index (χ2n) is 3.59. The maximum absolute atomic E-state index is 10.1. The smallest absolute Gasteiger partial charge is 0.388 e. The lowest BCUT2D eigenvalue weighted by Gasteiger charge is -2.29. The van der Waals surface area contributed by atoms with Gasteiger partial charge in [0.05, 0.1) is 11.5 Å². The number of ether oxygens (including phenoxy) is 2. The standard InChI is InChI=1S/C10H20Cl2O3.HO3P/c1-3-14-9(15-4-2)7-10(13,8-12)5-6-11;1-4(2)3/h9,13H,3-8H2,1-2H3;(H-,1,2,3)/p+1. The molecule has 0 saturated carbocycles. The molecule has 0 aromatic rings. The minimum atomic E-state index is -2.87. The molecule has 0 amide bonds. The Morgan fingerprint density at radius 2 is 1.63 bits per heavy atom. The van der Waals surface area contributed by atoms with Crippen LogP contribution in [0.5, 0.6) is 0 Å². The molecule has 0 aromatic carbocycles. The summed E-state index contributed by atoms with van der Waals surface area (Å²) in [6, 6.07) is 0. The zero-order valence-electron chi connectivity index (χ0n) is 11.1. The topological polar surface area (TPSA) is 96.2 Å². The first-order valence-corrected chi connectivity index (χ1v) is 8.01. The molecule has 0 saturated heterocycles. The summed E-state index contributed by atoms with van der Waals surface area (Å²) in [4.78, 5) is 14.2. The molecule has 6 nitrogen and oxygen atoms in total. The van der Waals surface area contributed by atoms with Crippen LogP contribution in [0, 0.1) is 0 Å². The fourth-order valence-corrected chi connectivity index (χ4v) is 1.84. The second kappa shape index (κ2) is 13.5. The van der Waals surface area contributed by atoms with Gasteiger partial charge in [0.25, 0.3) is 0 Å². The average molecular weight is 340 g/mol. The molecular weight excluding hydrogens is 318 g/mol. The van der Waals surface area contributed by atoms with Gasteiger partial charge in [0.15, 0.2) is 6.29 Å². The summed E-state index contributed by atoms with van der Waals surface area (Å²) in [5.74, 6) is 0.505. The molecule has 0 spiro atoms. The molecule has 1 unspecified atom stereocenters. The third-order valence-electron chi connectivity index (χ3n) is 2.06. The summed E-state index contributed by atoms with van der Waals surface area (Å²) in [6.07, 6.45) is 0.381. The first-order chi connectivity index (χ1) is 8.85. The van der Waals surface area contributed by atoms with E-state index in [1.807, 2.05) is 13.8 Å². The Hall–Kier alpha value is 0.480. The first-order valence-electron chi connectivity index (χ1n) is 5.77. The summed E-state index contributed by atoms with van der Waals surface area (Å²) < 4.78 is 19.4. The number of halogens is 2. The van der Waals surface area contributed by atoms with E-state index in [0.717, 1.165) is 0 Å². The quantitative estimate of drug-likeness (QED) is 0.338. The van der Waals surface area contributed by atoms with Crippen molar-refractivity contribution >= 4 is 31.5 Å². The van der Waals surface area contributed by atoms with E-state index >= 15 is 0 Å². The maximum Gasteiger partial charge on any atom is 0.692 e. The third-order valence-corrected chi connectivity index (χ3v) is 2.75. The molecule has 0 aliphatic heterocycles. The van der Waals surface area contributed by atoms with Crippen LogP contribution in [0.2, 0.25) is 0 Å². The summed E-state index contributed by atoms with van der Waals surface area (Å²) in [5.41, 5.74) is -1.00. The van der Waals surface area contributed by atoms with E-state index < -0.39 is 20.1 Å². The Labute approximate surface area is 124 Å². The number of hydrogen-bond acceptors (Lipinski definition) is 4. The van der Waals surface area contributed by atoms with Gasteiger partial charge >= 0.3 is 8.25 Å². The highest BCUT2D eigenvalue weighted by Gasteiger charge is 2.29. The Morgan fingerprint density at radius 3 is 1.89 bits per heavy atom. The molecule has 0 rings (SSSR count). The predicted molar refractivity (Wildman–Crippen MR) is 74.7 cm³/mol. The molecule has 116 valence electrons. The lowest BCUT2D eigenvalue weighted by molar-refractivity contribution is -0.166. The fourth-order valence-electron chi connectivity index (χ4n) is 1.25. The van der Waals surface area contributed by atoms with Crippen molar-refractivity contribution in [2.45, 2.75) is 38.6 Å². The minimum Gasteiger partial charge on any atom is -0.388 e. The highest BCUT2D eigenvalue weighted by molar-refractivity contribution is 7.30. The first kappa shape index (κ1) is 21.8. The number of hydrogen-bond donors (Lipinski definition) is 3. The highest BCUT2D eigenvalue weighted by Crippen LogP contribution is 2.22. The average Bonchev–Trinajstić information content (AvgIpc) is 2.29. The van der Waals surface area contributed by atoms with Gasteiger partial charge in [0.2, 0.25) is 0 Å². The molecule has 0 heterocycles. The largest absolute Gasteiger partial charge is 0.692 e. The van der Waals surface area contributed by atoms with E-state index in [4.69, 9.17) is 47.0 Å². The van der Waals surface area contributed by atoms with Crippen molar-refractivity contribution in [3.8, 4) is 0 Å². The summed E-state index contributed by atoms with van der Waals surface area (Å²) in [5, 5.41) is 10.1. The van der Waals surface area contributed by atoms with Gasteiger partial charge in [-0.1, -0.05) is 0 Å². The molecule has 19 heavy (non-hydrogen) atoms. The van der Waals surface area contributed by atoms with Gasteiger partial charge in [-0.3, -0.25) is 0 Å². The van der Waals surface area contributed by atoms with Crippen LogP contribution in [-0.4, -0.2) is 51.8 Å². The van der Waals surface area contributed by atoms with Crippen molar-refractivity contribution < 1.29 is 28.9 Å². The van der Waals surface area contributed by atoms with Gasteiger partial charge in [0.1, 0.15) is 0 Å². The monoisotopic (exact) mass is 339 g/mol. The van der Waals surface area contributed by atoms with Crippen molar-refractivity contribution in [1.29, 1.82) is 0 Å². The summed E-state index contributed by atoms with van der Waals surface area (Å²) in [7, 11) is -2.87. The molecule has 3 N–H and O–H groups in total. The third kappa shape index (κ3) is 14.7. The molecule has 0 radical (unpaired) electrons. The summed E-state index contributed by atoms with van der Waals surface area (Å²) >= 11 is 11.3. The number of rotatable bonds is 9. The van der Waals surface area contributed by atoms with E-state index in [-0.39, 0.29) is 5.88 Å². The normalized spacial score (nSPS) is 13.7. The van der Waals surface area contributed by atoms with E-state index in [1.54, 1.807) is 0 Å². The van der Waals surface area contributed by atoms with Crippen molar-refractivity contribution in [1.82, 2.24) is 0 Å². The van der Waals surface area contributed by atoms with Crippen LogP contribution in [-0.2, 0) is 14.0 Å². The molecule has 0 aliphatic carbocycles. The number of aliphatic hydroxyl groups is 1. The molecule has 0 bridgehead atoms. The number of alkyl halides is 2. The van der Waals surface area contributed by atoms with Gasteiger partial charge < -0.3 is 14.6 Å². The zero-order chi connectivity index (χ0) is 15.3. The van der Waals surface area contributed by atoms with E-state index in [2.05, 4.69) is 0 Å². The van der Waals surface area contributed by atoms with Crippen molar-refractivity contribution in [3.05, 3.63) is 0 Å². The molecule has 9 heteroatoms. The SMILES string of the molecule is CCOC(CC(O)(CCl)CCCl)OCC.O=[P+](O)O. The second-order valence-corrected chi connectivity index (χ2v) is 4.74. The van der Waals surface area contributed by atoms with Crippen LogP contribution < -0.4 is 0 Å². The van der Waals surface area contributed by atoms with Gasteiger partial charge in [-0.15, -0.1) is 33.0 Å². The van der Waals surface area contributed by atoms with Crippen LogP contribution >= 0.6 is 31.5 Å². The Bertz CT molecular complexity index is 224. The Balaban J connectivity index is 0. The summed E-state index contributed by atoms with van der Waals surface area (Å²) in [6.45, 7) is 4.86. The van der Waals surface area contributed by atoms with Crippen molar-refractivity contribution in [3.63, 3.8) is 0 Å². The van der Waals surface area contributed by atoms with Crippen molar-refractivity contribution in [2.75, 3.05) is 25.0 Å². The molecule has 0 aliphatic rings. The lowest BCUT2D eigenvalue weighted by atomic mass is 9.98. The molecule has 1 atom stereocenters. The maximum atomic E-state index is 10.1. The van der Waals surface area contributed by atoms with Crippen LogP contribution in [0.1, 0.15) is 26.7 Å².